The van der Waals surface area contributed by atoms with Crippen LogP contribution in [-0.2, 0) is 0 Å². The van der Waals surface area contributed by atoms with E-state index in [4.69, 9.17) is 10.8 Å². The molecule has 2 aromatic rings. The number of carbonyl (C=O) groups is 1. The van der Waals surface area contributed by atoms with E-state index in [-0.39, 0.29) is 23.1 Å². The van der Waals surface area contributed by atoms with Gasteiger partial charge in [0.25, 0.3) is 0 Å². The molecule has 0 amide bonds. The molecule has 1 heterocycles. The number of nitrogens with two attached hydrogens (primary N) is 1. The summed E-state index contributed by atoms with van der Waals surface area (Å²) in [6.45, 7) is 1.83. The lowest BCUT2D eigenvalue weighted by Crippen LogP contribution is -2.10. The number of rotatable bonds is 4. The highest BCUT2D eigenvalue weighted by Crippen LogP contribution is 2.21. The summed E-state index contributed by atoms with van der Waals surface area (Å²) in [6, 6.07) is 7.29. The molecule has 5 nitrogen and oxygen atoms in total. The molecule has 0 aliphatic heterocycles. The minimum absolute atomic E-state index is 0.0195. The average molecular weight is 275 g/mol. The van der Waals surface area contributed by atoms with Gasteiger partial charge in [-0.3, -0.25) is 0 Å². The lowest BCUT2D eigenvalue weighted by molar-refractivity contribution is 0.0698. The zero-order valence-electron chi connectivity index (χ0n) is 10.8. The van der Waals surface area contributed by atoms with Crippen LogP contribution in [-0.4, -0.2) is 16.1 Å². The van der Waals surface area contributed by atoms with E-state index in [9.17, 15) is 9.18 Å². The molecule has 0 aliphatic rings. The van der Waals surface area contributed by atoms with Crippen molar-refractivity contribution in [2.45, 2.75) is 13.0 Å². The predicted octanol–water partition coefficient (Wildman–Crippen LogP) is 2.67. The molecule has 2 rings (SSSR count). The maximum absolute atomic E-state index is 13.2. The fraction of sp³-hybridized carbons (Fsp3) is 0.143. The number of halogens is 1. The lowest BCUT2D eigenvalue weighted by atomic mass is 10.1. The Morgan fingerprint density at radius 2 is 2.20 bits per heavy atom. The summed E-state index contributed by atoms with van der Waals surface area (Å²) in [6.07, 6.45) is 1.28. The maximum Gasteiger partial charge on any atom is 0.337 e. The first-order valence-corrected chi connectivity index (χ1v) is 5.98. The van der Waals surface area contributed by atoms with Gasteiger partial charge in [0.1, 0.15) is 11.6 Å². The topological polar surface area (TPSA) is 88.2 Å². The molecule has 0 fully saturated rings. The number of aromatic nitrogens is 1. The summed E-state index contributed by atoms with van der Waals surface area (Å²) in [5, 5.41) is 12.0. The summed E-state index contributed by atoms with van der Waals surface area (Å²) in [7, 11) is 0. The first kappa shape index (κ1) is 13.8. The number of anilines is 2. The Kier molecular flexibility index (Phi) is 3.84. The van der Waals surface area contributed by atoms with E-state index in [1.54, 1.807) is 12.1 Å². The molecule has 1 atom stereocenters. The van der Waals surface area contributed by atoms with Crippen molar-refractivity contribution < 1.29 is 14.3 Å². The highest BCUT2D eigenvalue weighted by molar-refractivity contribution is 5.94. The van der Waals surface area contributed by atoms with Gasteiger partial charge in [-0.2, -0.15) is 0 Å². The molecule has 0 radical (unpaired) electrons. The third-order valence-corrected chi connectivity index (χ3v) is 2.88. The summed E-state index contributed by atoms with van der Waals surface area (Å²) >= 11 is 0. The van der Waals surface area contributed by atoms with E-state index >= 15 is 0 Å². The molecule has 0 spiro atoms. The van der Waals surface area contributed by atoms with E-state index in [1.165, 1.54) is 24.4 Å². The van der Waals surface area contributed by atoms with Gasteiger partial charge in [0.15, 0.2) is 0 Å². The van der Waals surface area contributed by atoms with E-state index in [0.29, 0.717) is 5.82 Å². The smallest absolute Gasteiger partial charge is 0.337 e. The maximum atomic E-state index is 13.2. The van der Waals surface area contributed by atoms with Gasteiger partial charge in [0, 0.05) is 0 Å². The molecule has 0 aliphatic carbocycles. The summed E-state index contributed by atoms with van der Waals surface area (Å²) in [4.78, 5) is 15.0. The van der Waals surface area contributed by atoms with Crippen molar-refractivity contribution in [1.29, 1.82) is 0 Å². The van der Waals surface area contributed by atoms with Crippen LogP contribution in [0.15, 0.2) is 36.5 Å². The van der Waals surface area contributed by atoms with Crippen LogP contribution in [0.3, 0.4) is 0 Å². The van der Waals surface area contributed by atoms with Crippen molar-refractivity contribution in [3.05, 3.63) is 53.5 Å². The van der Waals surface area contributed by atoms with Crippen molar-refractivity contribution in [3.63, 3.8) is 0 Å². The number of hydrogen-bond acceptors (Lipinski definition) is 4. The highest BCUT2D eigenvalue weighted by Gasteiger charge is 2.12. The number of aromatic carboxylic acids is 1. The fourth-order valence-corrected chi connectivity index (χ4v) is 1.81. The van der Waals surface area contributed by atoms with Crippen LogP contribution in [0.2, 0.25) is 0 Å². The number of carboxylic acid groups (broad SMARTS) is 1. The summed E-state index contributed by atoms with van der Waals surface area (Å²) < 4.78 is 13.2. The summed E-state index contributed by atoms with van der Waals surface area (Å²) in [5.74, 6) is -1.08. The average Bonchev–Trinajstić information content (AvgIpc) is 2.40. The molecule has 1 aromatic heterocycles. The Labute approximate surface area is 115 Å². The van der Waals surface area contributed by atoms with E-state index in [0.717, 1.165) is 5.56 Å². The van der Waals surface area contributed by atoms with Crippen LogP contribution in [0.1, 0.15) is 28.9 Å². The van der Waals surface area contributed by atoms with Crippen molar-refractivity contribution >= 4 is 17.5 Å². The van der Waals surface area contributed by atoms with Gasteiger partial charge in [0.05, 0.1) is 23.5 Å². The van der Waals surface area contributed by atoms with Crippen LogP contribution in [0.5, 0.6) is 0 Å². The van der Waals surface area contributed by atoms with Crippen molar-refractivity contribution in [3.8, 4) is 0 Å². The normalized spacial score (nSPS) is 11.9. The van der Waals surface area contributed by atoms with Crippen molar-refractivity contribution in [2.24, 2.45) is 0 Å². The SMILES string of the molecule is CC(Nc1cc(C(=O)O)c(N)cn1)c1cccc(F)c1. The van der Waals surface area contributed by atoms with Crippen molar-refractivity contribution in [2.75, 3.05) is 11.1 Å². The van der Waals surface area contributed by atoms with Gasteiger partial charge in [-0.25, -0.2) is 14.2 Å². The minimum atomic E-state index is -1.12. The largest absolute Gasteiger partial charge is 0.478 e. The predicted molar refractivity (Wildman–Crippen MR) is 74.0 cm³/mol. The zero-order chi connectivity index (χ0) is 14.7. The molecule has 6 heteroatoms. The number of carboxylic acids is 1. The summed E-state index contributed by atoms with van der Waals surface area (Å²) in [5.41, 5.74) is 6.35. The third kappa shape index (κ3) is 3.03. The molecule has 20 heavy (non-hydrogen) atoms. The Balaban J connectivity index is 2.22. The first-order valence-electron chi connectivity index (χ1n) is 5.98. The number of benzene rings is 1. The number of nitrogens with one attached hydrogen (secondary N) is 1. The molecular weight excluding hydrogens is 261 g/mol. The number of nitrogen functional groups attached to an aromatic ring is 1. The molecule has 104 valence electrons. The van der Waals surface area contributed by atoms with Crippen LogP contribution in [0.4, 0.5) is 15.9 Å². The molecule has 0 saturated heterocycles. The quantitative estimate of drug-likeness (QED) is 0.798. The first-order chi connectivity index (χ1) is 9.47. The molecule has 4 N–H and O–H groups in total. The second kappa shape index (κ2) is 5.56. The van der Waals surface area contributed by atoms with Crippen molar-refractivity contribution in [1.82, 2.24) is 4.98 Å². The van der Waals surface area contributed by atoms with E-state index in [2.05, 4.69) is 10.3 Å². The van der Waals surface area contributed by atoms with Crippen LogP contribution >= 0.6 is 0 Å². The third-order valence-electron chi connectivity index (χ3n) is 2.88. The lowest BCUT2D eigenvalue weighted by Gasteiger charge is -2.15. The zero-order valence-corrected chi connectivity index (χ0v) is 10.8. The standard InChI is InChI=1S/C14H14FN3O2/c1-8(9-3-2-4-10(15)5-9)18-13-6-11(14(19)20)12(16)7-17-13/h2-8H,16H2,1H3,(H,17,18)(H,19,20). The van der Waals surface area contributed by atoms with Crippen LogP contribution < -0.4 is 11.1 Å². The van der Waals surface area contributed by atoms with Gasteiger partial charge in [-0.1, -0.05) is 12.1 Å². The van der Waals surface area contributed by atoms with Crippen LogP contribution in [0, 0.1) is 5.82 Å². The molecule has 0 saturated carbocycles. The Bertz CT molecular complexity index is 646. The number of nitrogens with zero attached hydrogens (tertiary/aromatic N) is 1. The number of pyridine rings is 1. The van der Waals surface area contributed by atoms with Gasteiger partial charge in [-0.05, 0) is 30.7 Å². The molecule has 0 bridgehead atoms. The minimum Gasteiger partial charge on any atom is -0.478 e. The second-order valence-electron chi connectivity index (χ2n) is 4.38. The highest BCUT2D eigenvalue weighted by atomic mass is 19.1. The Morgan fingerprint density at radius 1 is 1.45 bits per heavy atom. The molecule has 1 unspecified atom stereocenters. The van der Waals surface area contributed by atoms with Gasteiger partial charge in [-0.15, -0.1) is 0 Å². The van der Waals surface area contributed by atoms with Gasteiger partial charge < -0.3 is 16.2 Å². The molecule has 1 aromatic carbocycles. The van der Waals surface area contributed by atoms with E-state index in [1.807, 2.05) is 6.92 Å². The Morgan fingerprint density at radius 3 is 2.85 bits per heavy atom. The van der Waals surface area contributed by atoms with Gasteiger partial charge >= 0.3 is 5.97 Å². The molecular formula is C14H14FN3O2. The van der Waals surface area contributed by atoms with E-state index < -0.39 is 5.97 Å². The Hall–Kier alpha value is -2.63. The monoisotopic (exact) mass is 275 g/mol. The second-order valence-corrected chi connectivity index (χ2v) is 4.38. The fourth-order valence-electron chi connectivity index (χ4n) is 1.81. The van der Waals surface area contributed by atoms with Gasteiger partial charge in [0.2, 0.25) is 0 Å². The number of hydrogen-bond donors (Lipinski definition) is 3. The van der Waals surface area contributed by atoms with Crippen LogP contribution in [0.25, 0.3) is 0 Å².